The minimum Gasteiger partial charge on any atom is -0.378 e. The van der Waals surface area contributed by atoms with E-state index in [1.807, 2.05) is 5.43 Å². The van der Waals surface area contributed by atoms with E-state index in [1.165, 1.54) is 34.8 Å². The van der Waals surface area contributed by atoms with Gasteiger partial charge in [0.25, 0.3) is 5.91 Å². The van der Waals surface area contributed by atoms with Gasteiger partial charge in [-0.1, -0.05) is 11.6 Å². The second-order valence-corrected chi connectivity index (χ2v) is 10.0. The SMILES string of the molecule is NNC(=O)c1ccc(CN(c2ccc(F)c(Cl)c2)S(=O)(=O)N2CCN(C3COC3)CC2)nc1. The van der Waals surface area contributed by atoms with Crippen molar-refractivity contribution < 1.29 is 22.3 Å². The number of hydrogen-bond acceptors (Lipinski definition) is 7. The first-order valence-electron chi connectivity index (χ1n) is 10.3. The van der Waals surface area contributed by atoms with Crippen LogP contribution in [-0.2, 0) is 21.5 Å². The number of anilines is 1. The molecule has 178 valence electrons. The number of nitrogens with two attached hydrogens (primary N) is 1. The Morgan fingerprint density at radius 2 is 1.97 bits per heavy atom. The number of nitrogens with one attached hydrogen (secondary N) is 1. The Bertz CT molecular complexity index is 1110. The van der Waals surface area contributed by atoms with Crippen molar-refractivity contribution in [1.29, 1.82) is 0 Å². The molecule has 4 rings (SSSR count). The number of rotatable bonds is 7. The third-order valence-electron chi connectivity index (χ3n) is 5.73. The monoisotopic (exact) mass is 498 g/mol. The molecule has 1 amide bonds. The molecule has 0 saturated carbocycles. The maximum atomic E-state index is 13.8. The van der Waals surface area contributed by atoms with Gasteiger partial charge in [0.2, 0.25) is 0 Å². The first-order valence-corrected chi connectivity index (χ1v) is 12.1. The Balaban J connectivity index is 1.59. The number of nitrogens with zero attached hydrogens (tertiary/aromatic N) is 4. The number of benzene rings is 1. The number of carbonyl (C=O) groups excluding carboxylic acids is 1. The maximum absolute atomic E-state index is 13.8. The molecule has 0 aliphatic carbocycles. The second-order valence-electron chi connectivity index (χ2n) is 7.75. The van der Waals surface area contributed by atoms with Gasteiger partial charge in [-0.2, -0.15) is 12.7 Å². The number of nitrogen functional groups attached to an aromatic ring is 1. The standard InChI is InChI=1S/C20H24ClFN6O4S/c21-18-9-16(3-4-19(18)22)28(11-15-2-1-14(10-24-15)20(29)25-23)33(30,31)27-7-5-26(6-8-27)17-12-32-13-17/h1-4,9-10,17H,5-8,11-13,23H2,(H,25,29). The summed E-state index contributed by atoms with van der Waals surface area (Å²) in [4.78, 5) is 18.1. The summed E-state index contributed by atoms with van der Waals surface area (Å²) in [6.07, 6.45) is 1.30. The number of pyridine rings is 1. The van der Waals surface area contributed by atoms with Crippen LogP contribution in [0.5, 0.6) is 0 Å². The highest BCUT2D eigenvalue weighted by molar-refractivity contribution is 7.90. The van der Waals surface area contributed by atoms with Gasteiger partial charge in [0.15, 0.2) is 0 Å². The molecule has 0 spiro atoms. The van der Waals surface area contributed by atoms with E-state index in [9.17, 15) is 17.6 Å². The molecule has 2 fully saturated rings. The average Bonchev–Trinajstić information content (AvgIpc) is 2.78. The smallest absolute Gasteiger partial charge is 0.304 e. The quantitative estimate of drug-likeness (QED) is 0.328. The fourth-order valence-electron chi connectivity index (χ4n) is 3.70. The fraction of sp³-hybridized carbons (Fsp3) is 0.400. The Kier molecular flexibility index (Phi) is 7.12. The zero-order valence-corrected chi connectivity index (χ0v) is 19.2. The zero-order valence-electron chi connectivity index (χ0n) is 17.7. The molecule has 0 radical (unpaired) electrons. The van der Waals surface area contributed by atoms with Crippen LogP contribution in [0.15, 0.2) is 36.5 Å². The van der Waals surface area contributed by atoms with Gasteiger partial charge in [-0.05, 0) is 30.3 Å². The fourth-order valence-corrected chi connectivity index (χ4v) is 5.46. The molecule has 0 bridgehead atoms. The van der Waals surface area contributed by atoms with E-state index in [2.05, 4.69) is 9.88 Å². The third kappa shape index (κ3) is 5.10. The van der Waals surface area contributed by atoms with Gasteiger partial charge in [0, 0.05) is 32.4 Å². The van der Waals surface area contributed by atoms with E-state index in [0.29, 0.717) is 51.1 Å². The molecule has 3 N–H and O–H groups in total. The highest BCUT2D eigenvalue weighted by atomic mass is 35.5. The number of aromatic nitrogens is 1. The van der Waals surface area contributed by atoms with Crippen LogP contribution in [-0.4, -0.2) is 73.9 Å². The van der Waals surface area contributed by atoms with Crippen molar-refractivity contribution in [3.63, 3.8) is 0 Å². The molecule has 2 aromatic rings. The van der Waals surface area contributed by atoms with Crippen LogP contribution in [0.25, 0.3) is 0 Å². The summed E-state index contributed by atoms with van der Waals surface area (Å²) in [5.41, 5.74) is 2.84. The Labute approximate surface area is 196 Å². The molecule has 3 heterocycles. The molecule has 2 saturated heterocycles. The molecule has 0 unspecified atom stereocenters. The molecule has 1 aromatic carbocycles. The maximum Gasteiger partial charge on any atom is 0.304 e. The summed E-state index contributed by atoms with van der Waals surface area (Å²) in [6.45, 7) is 3.00. The molecular weight excluding hydrogens is 475 g/mol. The van der Waals surface area contributed by atoms with Gasteiger partial charge >= 0.3 is 10.2 Å². The number of hydrogen-bond donors (Lipinski definition) is 2. The lowest BCUT2D eigenvalue weighted by atomic mass is 10.2. The highest BCUT2D eigenvalue weighted by Gasteiger charge is 2.36. The van der Waals surface area contributed by atoms with E-state index in [-0.39, 0.29) is 22.8 Å². The normalized spacial score (nSPS) is 18.0. The van der Waals surface area contributed by atoms with Crippen molar-refractivity contribution in [2.24, 2.45) is 5.84 Å². The van der Waals surface area contributed by atoms with Crippen molar-refractivity contribution in [2.45, 2.75) is 12.6 Å². The lowest BCUT2D eigenvalue weighted by Crippen LogP contribution is -2.59. The topological polar surface area (TPSA) is 121 Å². The Hall–Kier alpha value is -2.35. The van der Waals surface area contributed by atoms with Crippen molar-refractivity contribution in [2.75, 3.05) is 43.7 Å². The van der Waals surface area contributed by atoms with Crippen LogP contribution in [0.1, 0.15) is 16.1 Å². The summed E-state index contributed by atoms with van der Waals surface area (Å²) >= 11 is 5.94. The predicted octanol–water partition coefficient (Wildman–Crippen LogP) is 0.745. The van der Waals surface area contributed by atoms with Crippen LogP contribution in [0, 0.1) is 5.82 Å². The number of amides is 1. The first kappa shape index (κ1) is 23.8. The van der Waals surface area contributed by atoms with Crippen LogP contribution in [0.3, 0.4) is 0 Å². The predicted molar refractivity (Wildman–Crippen MR) is 120 cm³/mol. The second kappa shape index (κ2) is 9.87. The summed E-state index contributed by atoms with van der Waals surface area (Å²) in [7, 11) is -3.99. The minimum absolute atomic E-state index is 0.133. The molecule has 2 aliphatic rings. The van der Waals surface area contributed by atoms with Crippen LogP contribution in [0.2, 0.25) is 5.02 Å². The molecule has 0 atom stereocenters. The lowest BCUT2D eigenvalue weighted by molar-refractivity contribution is -0.0721. The molecule has 1 aromatic heterocycles. The number of carbonyl (C=O) groups is 1. The number of halogens is 2. The van der Waals surface area contributed by atoms with Crippen molar-refractivity contribution >= 4 is 33.4 Å². The van der Waals surface area contributed by atoms with Crippen molar-refractivity contribution in [3.05, 3.63) is 58.6 Å². The highest BCUT2D eigenvalue weighted by Crippen LogP contribution is 2.28. The van der Waals surface area contributed by atoms with Gasteiger partial charge in [-0.25, -0.2) is 10.2 Å². The van der Waals surface area contributed by atoms with Crippen LogP contribution in [0.4, 0.5) is 10.1 Å². The lowest BCUT2D eigenvalue weighted by Gasteiger charge is -2.43. The minimum atomic E-state index is -3.99. The Morgan fingerprint density at radius 3 is 2.52 bits per heavy atom. The largest absolute Gasteiger partial charge is 0.378 e. The van der Waals surface area contributed by atoms with E-state index in [4.69, 9.17) is 22.2 Å². The van der Waals surface area contributed by atoms with E-state index < -0.39 is 21.9 Å². The van der Waals surface area contributed by atoms with Crippen LogP contribution >= 0.6 is 11.6 Å². The molecule has 33 heavy (non-hydrogen) atoms. The van der Waals surface area contributed by atoms with Gasteiger partial charge in [-0.15, -0.1) is 0 Å². The summed E-state index contributed by atoms with van der Waals surface area (Å²) < 4.78 is 48.8. The average molecular weight is 499 g/mol. The summed E-state index contributed by atoms with van der Waals surface area (Å²) in [5.74, 6) is 3.97. The number of piperazine rings is 1. The van der Waals surface area contributed by atoms with Gasteiger partial charge in [-0.3, -0.25) is 24.4 Å². The summed E-state index contributed by atoms with van der Waals surface area (Å²) in [5, 5.41) is -0.189. The van der Waals surface area contributed by atoms with E-state index >= 15 is 0 Å². The third-order valence-corrected chi connectivity index (χ3v) is 7.93. The van der Waals surface area contributed by atoms with Gasteiger partial charge in [0.1, 0.15) is 5.82 Å². The molecular formula is C20H24ClFN6O4S. The molecule has 13 heteroatoms. The van der Waals surface area contributed by atoms with Crippen LogP contribution < -0.4 is 15.6 Å². The van der Waals surface area contributed by atoms with E-state index in [0.717, 1.165) is 10.4 Å². The van der Waals surface area contributed by atoms with Crippen molar-refractivity contribution in [3.8, 4) is 0 Å². The first-order chi connectivity index (χ1) is 15.8. The number of hydrazine groups is 1. The van der Waals surface area contributed by atoms with Gasteiger partial charge in [0.05, 0.1) is 47.8 Å². The zero-order chi connectivity index (χ0) is 23.6. The molecule has 10 nitrogen and oxygen atoms in total. The molecule has 2 aliphatic heterocycles. The van der Waals surface area contributed by atoms with Gasteiger partial charge < -0.3 is 4.74 Å². The Morgan fingerprint density at radius 1 is 1.24 bits per heavy atom. The van der Waals surface area contributed by atoms with E-state index in [1.54, 1.807) is 0 Å². The number of ether oxygens (including phenoxy) is 1. The summed E-state index contributed by atoms with van der Waals surface area (Å²) in [6, 6.07) is 7.11. The van der Waals surface area contributed by atoms with Crippen molar-refractivity contribution in [1.82, 2.24) is 19.6 Å².